The van der Waals surface area contributed by atoms with Crippen LogP contribution in [0.15, 0.2) is 18.5 Å². The summed E-state index contributed by atoms with van der Waals surface area (Å²) >= 11 is 0. The number of carboxylic acids is 1. The van der Waals surface area contributed by atoms with Crippen LogP contribution < -0.4 is 0 Å². The zero-order valence-electron chi connectivity index (χ0n) is 8.44. The number of aliphatic carboxylic acids is 1. The quantitative estimate of drug-likeness (QED) is 0.823. The first-order valence-electron chi connectivity index (χ1n) is 4.10. The molecule has 1 N–H and O–H groups in total. The van der Waals surface area contributed by atoms with Crippen LogP contribution >= 0.6 is 12.4 Å². The Bertz CT molecular complexity index is 337. The average Bonchev–Trinajstić information content (AvgIpc) is 2.04. The maximum absolute atomic E-state index is 10.9. The topological polar surface area (TPSA) is 50.2 Å². The van der Waals surface area contributed by atoms with E-state index in [0.29, 0.717) is 0 Å². The van der Waals surface area contributed by atoms with Crippen LogP contribution in [-0.2, 0) is 10.2 Å². The maximum atomic E-state index is 10.9. The van der Waals surface area contributed by atoms with Crippen molar-refractivity contribution in [1.82, 2.24) is 4.98 Å². The molecule has 1 heterocycles. The highest BCUT2D eigenvalue weighted by molar-refractivity contribution is 5.85. The molecule has 0 aliphatic heterocycles. The van der Waals surface area contributed by atoms with Gasteiger partial charge in [-0.1, -0.05) is 0 Å². The monoisotopic (exact) mass is 215 g/mol. The fourth-order valence-corrected chi connectivity index (χ4v) is 1.23. The number of pyridine rings is 1. The molecule has 4 heteroatoms. The first-order valence-corrected chi connectivity index (χ1v) is 4.10. The van der Waals surface area contributed by atoms with Gasteiger partial charge in [-0.3, -0.25) is 9.78 Å². The molecule has 0 saturated carbocycles. The number of carbonyl (C=O) groups is 1. The number of hydrogen-bond acceptors (Lipinski definition) is 2. The van der Waals surface area contributed by atoms with Gasteiger partial charge in [-0.15, -0.1) is 12.4 Å². The van der Waals surface area contributed by atoms with Crippen molar-refractivity contribution >= 4 is 18.4 Å². The predicted octanol–water partition coefficient (Wildman–Crippen LogP) is 2.17. The maximum Gasteiger partial charge on any atom is 0.313 e. The zero-order valence-corrected chi connectivity index (χ0v) is 9.26. The van der Waals surface area contributed by atoms with E-state index < -0.39 is 11.4 Å². The molecule has 14 heavy (non-hydrogen) atoms. The van der Waals surface area contributed by atoms with Gasteiger partial charge in [0.1, 0.15) is 0 Å². The summed E-state index contributed by atoms with van der Waals surface area (Å²) in [7, 11) is 0. The lowest BCUT2D eigenvalue weighted by Gasteiger charge is -2.20. The fraction of sp³-hybridized carbons (Fsp3) is 0.400. The Morgan fingerprint density at radius 3 is 2.50 bits per heavy atom. The first kappa shape index (κ1) is 12.9. The van der Waals surface area contributed by atoms with Gasteiger partial charge >= 0.3 is 5.97 Å². The van der Waals surface area contributed by atoms with E-state index in [1.807, 2.05) is 13.0 Å². The second-order valence-electron chi connectivity index (χ2n) is 3.62. The number of halogens is 1. The predicted molar refractivity (Wildman–Crippen MR) is 56.9 cm³/mol. The Labute approximate surface area is 89.6 Å². The van der Waals surface area contributed by atoms with Gasteiger partial charge in [0.2, 0.25) is 0 Å². The van der Waals surface area contributed by atoms with Crippen LogP contribution in [0.3, 0.4) is 0 Å². The molecule has 78 valence electrons. The molecule has 1 rings (SSSR count). The first-order chi connectivity index (χ1) is 5.96. The van der Waals surface area contributed by atoms with E-state index in [1.54, 1.807) is 26.2 Å². The van der Waals surface area contributed by atoms with E-state index in [2.05, 4.69) is 4.98 Å². The smallest absolute Gasteiger partial charge is 0.313 e. The van der Waals surface area contributed by atoms with Gasteiger partial charge in [0.15, 0.2) is 0 Å². The third-order valence-corrected chi connectivity index (χ3v) is 2.25. The van der Waals surface area contributed by atoms with E-state index in [4.69, 9.17) is 5.11 Å². The Morgan fingerprint density at radius 2 is 2.07 bits per heavy atom. The number of nitrogens with zero attached hydrogens (tertiary/aromatic N) is 1. The van der Waals surface area contributed by atoms with Gasteiger partial charge in [0.25, 0.3) is 0 Å². The van der Waals surface area contributed by atoms with E-state index in [0.717, 1.165) is 11.1 Å². The summed E-state index contributed by atoms with van der Waals surface area (Å²) in [4.78, 5) is 14.9. The summed E-state index contributed by atoms with van der Waals surface area (Å²) in [5.74, 6) is -0.830. The van der Waals surface area contributed by atoms with Gasteiger partial charge in [-0.2, -0.15) is 0 Å². The highest BCUT2D eigenvalue weighted by atomic mass is 35.5. The Kier molecular flexibility index (Phi) is 4.08. The normalized spacial score (nSPS) is 10.5. The molecule has 0 aliphatic carbocycles. The van der Waals surface area contributed by atoms with Gasteiger partial charge in [-0.25, -0.2) is 0 Å². The van der Waals surface area contributed by atoms with Crippen LogP contribution in [0.4, 0.5) is 0 Å². The minimum absolute atomic E-state index is 0. The zero-order chi connectivity index (χ0) is 10.1. The standard InChI is InChI=1S/C10H13NO2.ClH/c1-7-4-5-11-6-8(7)10(2,3)9(12)13;/h4-6H,1-3H3,(H,12,13);1H. The number of hydrogen-bond donors (Lipinski definition) is 1. The molecule has 0 fully saturated rings. The molecule has 0 saturated heterocycles. The SMILES string of the molecule is Cc1ccncc1C(C)(C)C(=O)O.Cl. The van der Waals surface area contributed by atoms with Gasteiger partial charge in [0, 0.05) is 12.4 Å². The third-order valence-electron chi connectivity index (χ3n) is 2.25. The van der Waals surface area contributed by atoms with Crippen LogP contribution in [-0.4, -0.2) is 16.1 Å². The summed E-state index contributed by atoms with van der Waals surface area (Å²) in [5.41, 5.74) is 0.864. The van der Waals surface area contributed by atoms with Crippen LogP contribution in [0.1, 0.15) is 25.0 Å². The van der Waals surface area contributed by atoms with Crippen LogP contribution in [0.5, 0.6) is 0 Å². The Balaban J connectivity index is 0.00000169. The van der Waals surface area contributed by atoms with Crippen LogP contribution in [0, 0.1) is 6.92 Å². The van der Waals surface area contributed by atoms with Crippen molar-refractivity contribution in [1.29, 1.82) is 0 Å². The molecule has 1 aromatic rings. The van der Waals surface area contributed by atoms with Crippen LogP contribution in [0.2, 0.25) is 0 Å². The Hall–Kier alpha value is -1.09. The van der Waals surface area contributed by atoms with E-state index in [9.17, 15) is 4.79 Å². The molecular formula is C10H14ClNO2. The number of carboxylic acid groups (broad SMARTS) is 1. The molecule has 0 amide bonds. The molecule has 0 unspecified atom stereocenters. The number of aryl methyl sites for hydroxylation is 1. The molecule has 0 radical (unpaired) electrons. The molecule has 0 atom stereocenters. The molecule has 0 bridgehead atoms. The van der Waals surface area contributed by atoms with Crippen molar-refractivity contribution in [3.8, 4) is 0 Å². The summed E-state index contributed by atoms with van der Waals surface area (Å²) in [6, 6.07) is 1.82. The second-order valence-corrected chi connectivity index (χ2v) is 3.62. The fourth-order valence-electron chi connectivity index (χ4n) is 1.23. The van der Waals surface area contributed by atoms with Crippen molar-refractivity contribution in [3.05, 3.63) is 29.6 Å². The van der Waals surface area contributed by atoms with Gasteiger partial charge in [0.05, 0.1) is 5.41 Å². The average molecular weight is 216 g/mol. The van der Waals surface area contributed by atoms with E-state index >= 15 is 0 Å². The number of aromatic nitrogens is 1. The van der Waals surface area contributed by atoms with Gasteiger partial charge in [-0.05, 0) is 38.0 Å². The van der Waals surface area contributed by atoms with Crippen molar-refractivity contribution in [2.24, 2.45) is 0 Å². The van der Waals surface area contributed by atoms with Gasteiger partial charge < -0.3 is 5.11 Å². The highest BCUT2D eigenvalue weighted by Crippen LogP contribution is 2.25. The summed E-state index contributed by atoms with van der Waals surface area (Å²) in [6.45, 7) is 5.25. The van der Waals surface area contributed by atoms with Crippen LogP contribution in [0.25, 0.3) is 0 Å². The van der Waals surface area contributed by atoms with Crippen molar-refractivity contribution in [2.75, 3.05) is 0 Å². The molecule has 0 aliphatic rings. The Morgan fingerprint density at radius 1 is 1.50 bits per heavy atom. The lowest BCUT2D eigenvalue weighted by atomic mass is 9.83. The van der Waals surface area contributed by atoms with E-state index in [1.165, 1.54) is 0 Å². The van der Waals surface area contributed by atoms with Crippen molar-refractivity contribution < 1.29 is 9.90 Å². The minimum Gasteiger partial charge on any atom is -0.481 e. The lowest BCUT2D eigenvalue weighted by Crippen LogP contribution is -2.29. The van der Waals surface area contributed by atoms with E-state index in [-0.39, 0.29) is 12.4 Å². The lowest BCUT2D eigenvalue weighted by molar-refractivity contribution is -0.142. The second kappa shape index (κ2) is 4.42. The highest BCUT2D eigenvalue weighted by Gasteiger charge is 2.30. The molecule has 1 aromatic heterocycles. The molecule has 0 spiro atoms. The number of rotatable bonds is 2. The third kappa shape index (κ3) is 2.23. The molecule has 3 nitrogen and oxygen atoms in total. The van der Waals surface area contributed by atoms with Crippen molar-refractivity contribution in [3.63, 3.8) is 0 Å². The molecular weight excluding hydrogens is 202 g/mol. The summed E-state index contributed by atoms with van der Waals surface area (Å²) < 4.78 is 0. The largest absolute Gasteiger partial charge is 0.481 e. The minimum atomic E-state index is -0.863. The van der Waals surface area contributed by atoms with Crippen molar-refractivity contribution in [2.45, 2.75) is 26.2 Å². The summed E-state index contributed by atoms with van der Waals surface area (Å²) in [5, 5.41) is 8.99. The summed E-state index contributed by atoms with van der Waals surface area (Å²) in [6.07, 6.45) is 3.28. The molecule has 0 aromatic carbocycles.